The second kappa shape index (κ2) is 4.53. The first-order valence-corrected chi connectivity index (χ1v) is 7.40. The molecule has 4 nitrogen and oxygen atoms in total. The Hall–Kier alpha value is -0.680. The predicted molar refractivity (Wildman–Crippen MR) is 70.4 cm³/mol. The van der Waals surface area contributed by atoms with Gasteiger partial charge in [0.1, 0.15) is 5.82 Å². The molecule has 3 N–H and O–H groups in total. The fraction of sp³-hybridized carbons (Fsp3) is 0.833. The van der Waals surface area contributed by atoms with Crippen LogP contribution in [0.25, 0.3) is 0 Å². The first-order chi connectivity index (χ1) is 8.31. The zero-order chi connectivity index (χ0) is 11.7. The minimum atomic E-state index is 0.0819. The van der Waals surface area contributed by atoms with Crippen molar-refractivity contribution in [2.24, 2.45) is 5.73 Å². The van der Waals surface area contributed by atoms with Crippen molar-refractivity contribution in [3.8, 4) is 0 Å². The largest absolute Gasteiger partial charge is 0.354 e. The molecule has 1 aromatic rings. The molecule has 0 amide bonds. The van der Waals surface area contributed by atoms with E-state index in [0.29, 0.717) is 12.5 Å². The van der Waals surface area contributed by atoms with Crippen LogP contribution in [-0.4, -0.2) is 21.4 Å². The molecule has 0 saturated heterocycles. The van der Waals surface area contributed by atoms with E-state index in [9.17, 15) is 0 Å². The van der Waals surface area contributed by atoms with Gasteiger partial charge in [-0.15, -0.1) is 0 Å². The maximum absolute atomic E-state index is 5.96. The fourth-order valence-electron chi connectivity index (χ4n) is 2.63. The van der Waals surface area contributed by atoms with Gasteiger partial charge in [-0.2, -0.15) is 4.37 Å². The average molecular weight is 252 g/mol. The molecule has 2 fully saturated rings. The molecule has 0 radical (unpaired) electrons. The Morgan fingerprint density at radius 1 is 1.29 bits per heavy atom. The number of nitrogens with zero attached hydrogens (tertiary/aromatic N) is 2. The summed E-state index contributed by atoms with van der Waals surface area (Å²) in [7, 11) is 0. The third-order valence-electron chi connectivity index (χ3n) is 3.96. The van der Waals surface area contributed by atoms with E-state index in [1.54, 1.807) is 0 Å². The lowest BCUT2D eigenvalue weighted by atomic mass is 9.82. The molecule has 17 heavy (non-hydrogen) atoms. The van der Waals surface area contributed by atoms with Gasteiger partial charge >= 0.3 is 0 Å². The molecule has 1 heterocycles. The van der Waals surface area contributed by atoms with Crippen LogP contribution in [0.2, 0.25) is 0 Å². The zero-order valence-electron chi connectivity index (χ0n) is 10.1. The topological polar surface area (TPSA) is 63.8 Å². The number of rotatable bonds is 4. The van der Waals surface area contributed by atoms with E-state index < -0.39 is 0 Å². The molecule has 3 rings (SSSR count). The number of anilines is 1. The third kappa shape index (κ3) is 2.45. The minimum absolute atomic E-state index is 0.0819. The first-order valence-electron chi connectivity index (χ1n) is 6.63. The van der Waals surface area contributed by atoms with E-state index in [1.165, 1.54) is 56.5 Å². The van der Waals surface area contributed by atoms with Gasteiger partial charge in [0.15, 0.2) is 0 Å². The molecule has 0 aromatic carbocycles. The quantitative estimate of drug-likeness (QED) is 0.864. The Balaban J connectivity index is 1.70. The molecule has 0 spiro atoms. The molecule has 2 aliphatic rings. The lowest BCUT2D eigenvalue weighted by Crippen LogP contribution is -2.46. The molecule has 1 aromatic heterocycles. The Morgan fingerprint density at radius 2 is 2.06 bits per heavy atom. The molecule has 0 bridgehead atoms. The summed E-state index contributed by atoms with van der Waals surface area (Å²) in [6, 6.07) is 0. The highest BCUT2D eigenvalue weighted by molar-refractivity contribution is 7.09. The van der Waals surface area contributed by atoms with Crippen LogP contribution in [0.1, 0.15) is 56.7 Å². The standard InChI is InChI=1S/C12H20N4S/c13-8-12(6-2-1-3-7-12)15-11-14-10(16-17-11)9-4-5-9/h9H,1-8,13H2,(H,14,15,16). The zero-order valence-corrected chi connectivity index (χ0v) is 10.9. The molecular weight excluding hydrogens is 232 g/mol. The molecular formula is C12H20N4S. The van der Waals surface area contributed by atoms with Crippen molar-refractivity contribution < 1.29 is 0 Å². The number of nitrogens with two attached hydrogens (primary N) is 1. The normalized spacial score (nSPS) is 23.6. The van der Waals surface area contributed by atoms with Crippen LogP contribution in [0, 0.1) is 0 Å². The molecule has 0 unspecified atom stereocenters. The van der Waals surface area contributed by atoms with Crippen molar-refractivity contribution in [2.75, 3.05) is 11.9 Å². The molecule has 2 aliphatic carbocycles. The second-order valence-corrected chi connectivity index (χ2v) is 6.15. The van der Waals surface area contributed by atoms with Crippen LogP contribution < -0.4 is 11.1 Å². The van der Waals surface area contributed by atoms with Gasteiger partial charge in [0.25, 0.3) is 0 Å². The molecule has 5 heteroatoms. The summed E-state index contributed by atoms with van der Waals surface area (Å²) in [6.07, 6.45) is 8.75. The van der Waals surface area contributed by atoms with Crippen LogP contribution in [0.4, 0.5) is 5.13 Å². The van der Waals surface area contributed by atoms with Gasteiger partial charge in [-0.1, -0.05) is 19.3 Å². The molecule has 0 aliphatic heterocycles. The van der Waals surface area contributed by atoms with Crippen molar-refractivity contribution in [3.05, 3.63) is 5.82 Å². The number of hydrogen-bond acceptors (Lipinski definition) is 5. The van der Waals surface area contributed by atoms with Gasteiger partial charge < -0.3 is 11.1 Å². The van der Waals surface area contributed by atoms with Crippen molar-refractivity contribution in [3.63, 3.8) is 0 Å². The smallest absolute Gasteiger partial charge is 0.203 e. The van der Waals surface area contributed by atoms with Crippen molar-refractivity contribution in [1.82, 2.24) is 9.36 Å². The summed E-state index contributed by atoms with van der Waals surface area (Å²) in [5.41, 5.74) is 6.04. The number of aromatic nitrogens is 2. The average Bonchev–Trinajstić information content (AvgIpc) is 3.12. The van der Waals surface area contributed by atoms with Crippen LogP contribution >= 0.6 is 11.5 Å². The van der Waals surface area contributed by atoms with Gasteiger partial charge in [-0.25, -0.2) is 4.98 Å². The van der Waals surface area contributed by atoms with E-state index >= 15 is 0 Å². The number of nitrogens with one attached hydrogen (secondary N) is 1. The van der Waals surface area contributed by atoms with E-state index in [2.05, 4.69) is 14.7 Å². The summed E-state index contributed by atoms with van der Waals surface area (Å²) in [5, 5.41) is 4.54. The summed E-state index contributed by atoms with van der Waals surface area (Å²) in [6.45, 7) is 0.700. The van der Waals surface area contributed by atoms with Gasteiger partial charge in [-0.3, -0.25) is 0 Å². The summed E-state index contributed by atoms with van der Waals surface area (Å²) in [4.78, 5) is 4.60. The van der Waals surface area contributed by atoms with Crippen LogP contribution in [0.15, 0.2) is 0 Å². The van der Waals surface area contributed by atoms with Crippen LogP contribution in [-0.2, 0) is 0 Å². The third-order valence-corrected chi connectivity index (χ3v) is 4.60. The van der Waals surface area contributed by atoms with Gasteiger partial charge in [-0.05, 0) is 25.7 Å². The Kier molecular flexibility index (Phi) is 3.04. The maximum atomic E-state index is 5.96. The maximum Gasteiger partial charge on any atom is 0.203 e. The van der Waals surface area contributed by atoms with E-state index in [4.69, 9.17) is 5.73 Å². The van der Waals surface area contributed by atoms with Crippen molar-refractivity contribution in [1.29, 1.82) is 0 Å². The van der Waals surface area contributed by atoms with Gasteiger partial charge in [0.2, 0.25) is 5.13 Å². The van der Waals surface area contributed by atoms with Crippen molar-refractivity contribution >= 4 is 16.7 Å². The fourth-order valence-corrected chi connectivity index (χ4v) is 3.39. The second-order valence-electron chi connectivity index (χ2n) is 5.40. The van der Waals surface area contributed by atoms with E-state index in [1.807, 2.05) is 0 Å². The lowest BCUT2D eigenvalue weighted by molar-refractivity contribution is 0.331. The summed E-state index contributed by atoms with van der Waals surface area (Å²) < 4.78 is 4.44. The van der Waals surface area contributed by atoms with Gasteiger partial charge in [0, 0.05) is 24.0 Å². The number of hydrogen-bond donors (Lipinski definition) is 2. The van der Waals surface area contributed by atoms with Crippen LogP contribution in [0.3, 0.4) is 0 Å². The lowest BCUT2D eigenvalue weighted by Gasteiger charge is -2.36. The Labute approximate surface area is 106 Å². The minimum Gasteiger partial charge on any atom is -0.354 e. The summed E-state index contributed by atoms with van der Waals surface area (Å²) >= 11 is 1.50. The summed E-state index contributed by atoms with van der Waals surface area (Å²) in [5.74, 6) is 1.68. The Morgan fingerprint density at radius 3 is 2.71 bits per heavy atom. The van der Waals surface area contributed by atoms with Crippen molar-refractivity contribution in [2.45, 2.75) is 56.4 Å². The SMILES string of the molecule is NCC1(Nc2nc(C3CC3)ns2)CCCCC1. The highest BCUT2D eigenvalue weighted by Gasteiger charge is 2.33. The molecule has 2 saturated carbocycles. The predicted octanol–water partition coefficient (Wildman–Crippen LogP) is 2.49. The molecule has 94 valence electrons. The van der Waals surface area contributed by atoms with Gasteiger partial charge in [0.05, 0.1) is 5.54 Å². The first kappa shape index (κ1) is 11.4. The van der Waals surface area contributed by atoms with E-state index in [0.717, 1.165) is 11.0 Å². The monoisotopic (exact) mass is 252 g/mol. The van der Waals surface area contributed by atoms with Crippen LogP contribution in [0.5, 0.6) is 0 Å². The highest BCUT2D eigenvalue weighted by Crippen LogP contribution is 2.40. The highest BCUT2D eigenvalue weighted by atomic mass is 32.1. The Bertz CT molecular complexity index is 380. The molecule has 0 atom stereocenters. The van der Waals surface area contributed by atoms with E-state index in [-0.39, 0.29) is 5.54 Å².